The average Bonchev–Trinajstić information content (AvgIpc) is 3.08. The van der Waals surface area contributed by atoms with Crippen LogP contribution < -0.4 is 0 Å². The van der Waals surface area contributed by atoms with Crippen molar-refractivity contribution >= 4 is 5.97 Å². The minimum absolute atomic E-state index is 0.0619. The standard InChI is InChI=1S/C30H48O4/c1-19(12-17-30(7,33)27(3,4)32)24-10-11-25-23-9-8-21-18-22(34-20(2)31)13-15-28(21,5)26(23)14-16-29(24,25)6/h8,12,17,19,22-26,32-33H,9-11,13-16,18H2,1-7H3/b17-12+/t19-,22+,23+,24-,25+,26+,28+,29-,30?/m1/s1. The summed E-state index contributed by atoms with van der Waals surface area (Å²) in [5.41, 5.74) is -0.256. The first kappa shape index (κ1) is 25.9. The van der Waals surface area contributed by atoms with Crippen molar-refractivity contribution in [2.75, 3.05) is 0 Å². The van der Waals surface area contributed by atoms with Crippen LogP contribution in [0.3, 0.4) is 0 Å². The van der Waals surface area contributed by atoms with Gasteiger partial charge in [0, 0.05) is 13.3 Å². The van der Waals surface area contributed by atoms with Crippen LogP contribution in [-0.2, 0) is 9.53 Å². The van der Waals surface area contributed by atoms with Crippen molar-refractivity contribution in [3.05, 3.63) is 23.8 Å². The van der Waals surface area contributed by atoms with E-state index in [9.17, 15) is 15.0 Å². The minimum Gasteiger partial charge on any atom is -0.462 e. The lowest BCUT2D eigenvalue weighted by molar-refractivity contribution is -0.148. The Morgan fingerprint density at radius 2 is 1.82 bits per heavy atom. The number of rotatable bonds is 5. The first-order chi connectivity index (χ1) is 15.7. The zero-order chi connectivity index (χ0) is 25.1. The van der Waals surface area contributed by atoms with E-state index in [1.807, 2.05) is 6.08 Å². The van der Waals surface area contributed by atoms with Crippen LogP contribution in [0.25, 0.3) is 0 Å². The molecule has 0 radical (unpaired) electrons. The van der Waals surface area contributed by atoms with Gasteiger partial charge in [-0.25, -0.2) is 0 Å². The van der Waals surface area contributed by atoms with E-state index < -0.39 is 11.2 Å². The second-order valence-corrected chi connectivity index (χ2v) is 13.4. The molecule has 4 rings (SSSR count). The maximum Gasteiger partial charge on any atom is 0.302 e. The molecule has 0 aromatic heterocycles. The molecule has 4 aliphatic rings. The van der Waals surface area contributed by atoms with Gasteiger partial charge in [-0.3, -0.25) is 4.79 Å². The Bertz CT molecular complexity index is 848. The van der Waals surface area contributed by atoms with Crippen LogP contribution in [-0.4, -0.2) is 33.5 Å². The highest BCUT2D eigenvalue weighted by Gasteiger charge is 2.59. The summed E-state index contributed by atoms with van der Waals surface area (Å²) in [6.07, 6.45) is 15.9. The molecule has 4 heteroatoms. The van der Waals surface area contributed by atoms with Crippen LogP contribution >= 0.6 is 0 Å². The number of allylic oxidation sites excluding steroid dienone is 2. The van der Waals surface area contributed by atoms with Gasteiger partial charge in [-0.1, -0.05) is 44.6 Å². The molecule has 0 saturated heterocycles. The molecule has 0 spiro atoms. The van der Waals surface area contributed by atoms with E-state index >= 15 is 0 Å². The van der Waals surface area contributed by atoms with Gasteiger partial charge >= 0.3 is 5.97 Å². The third-order valence-electron chi connectivity index (χ3n) is 11.1. The molecule has 0 amide bonds. The molecule has 3 saturated carbocycles. The molecule has 4 nitrogen and oxygen atoms in total. The Labute approximate surface area is 207 Å². The van der Waals surface area contributed by atoms with Crippen molar-refractivity contribution < 1.29 is 19.7 Å². The van der Waals surface area contributed by atoms with Crippen LogP contribution in [0, 0.1) is 40.4 Å². The highest BCUT2D eigenvalue weighted by molar-refractivity contribution is 5.66. The largest absolute Gasteiger partial charge is 0.462 e. The van der Waals surface area contributed by atoms with E-state index in [1.54, 1.807) is 26.3 Å². The summed E-state index contributed by atoms with van der Waals surface area (Å²) in [5.74, 6) is 3.08. The van der Waals surface area contributed by atoms with Gasteiger partial charge in [0.15, 0.2) is 0 Å². The second-order valence-electron chi connectivity index (χ2n) is 13.4. The number of fused-ring (bicyclic) bond motifs is 5. The third-order valence-corrected chi connectivity index (χ3v) is 11.1. The number of aliphatic hydroxyl groups is 2. The second kappa shape index (κ2) is 8.76. The zero-order valence-corrected chi connectivity index (χ0v) is 22.6. The molecule has 0 bridgehead atoms. The fourth-order valence-corrected chi connectivity index (χ4v) is 8.54. The normalized spacial score (nSPS) is 42.7. The summed E-state index contributed by atoms with van der Waals surface area (Å²) in [6, 6.07) is 0. The summed E-state index contributed by atoms with van der Waals surface area (Å²) in [4.78, 5) is 11.5. The highest BCUT2D eigenvalue weighted by atomic mass is 16.5. The molecule has 3 fully saturated rings. The SMILES string of the molecule is CC(=O)O[C@H]1CC[C@@]2(C)C(=CC[C@H]3[C@@H]4CC[C@H]([C@H](C)/C=C/C(C)(O)C(C)(C)O)[C@@]4(C)CC[C@@H]32)C1. The summed E-state index contributed by atoms with van der Waals surface area (Å²) in [6.45, 7) is 13.9. The Hall–Kier alpha value is -1.13. The number of carbonyl (C=O) groups excluding carboxylic acids is 1. The first-order valence-electron chi connectivity index (χ1n) is 13.7. The lowest BCUT2D eigenvalue weighted by Gasteiger charge is -2.58. The molecule has 0 heterocycles. The molecule has 4 aliphatic carbocycles. The number of esters is 1. The van der Waals surface area contributed by atoms with Crippen molar-refractivity contribution in [3.63, 3.8) is 0 Å². The van der Waals surface area contributed by atoms with Gasteiger partial charge < -0.3 is 14.9 Å². The minimum atomic E-state index is -1.23. The van der Waals surface area contributed by atoms with Crippen molar-refractivity contribution in [2.45, 2.75) is 117 Å². The third kappa shape index (κ3) is 4.32. The van der Waals surface area contributed by atoms with Gasteiger partial charge in [0.05, 0.1) is 5.60 Å². The van der Waals surface area contributed by atoms with Gasteiger partial charge in [0.25, 0.3) is 0 Å². The Morgan fingerprint density at radius 3 is 2.47 bits per heavy atom. The predicted octanol–water partition coefficient (Wildman–Crippen LogP) is 6.21. The summed E-state index contributed by atoms with van der Waals surface area (Å²) < 4.78 is 5.60. The van der Waals surface area contributed by atoms with Crippen molar-refractivity contribution in [2.24, 2.45) is 40.4 Å². The maximum atomic E-state index is 11.5. The number of ether oxygens (including phenoxy) is 1. The smallest absolute Gasteiger partial charge is 0.302 e. The Morgan fingerprint density at radius 1 is 1.12 bits per heavy atom. The van der Waals surface area contributed by atoms with E-state index in [4.69, 9.17) is 4.74 Å². The van der Waals surface area contributed by atoms with E-state index in [0.717, 1.165) is 37.0 Å². The monoisotopic (exact) mass is 472 g/mol. The van der Waals surface area contributed by atoms with Crippen LogP contribution in [0.2, 0.25) is 0 Å². The topological polar surface area (TPSA) is 66.8 Å². The van der Waals surface area contributed by atoms with Crippen molar-refractivity contribution in [1.82, 2.24) is 0 Å². The molecular weight excluding hydrogens is 424 g/mol. The van der Waals surface area contributed by atoms with Gasteiger partial charge in [0.2, 0.25) is 0 Å². The zero-order valence-electron chi connectivity index (χ0n) is 22.6. The van der Waals surface area contributed by atoms with Crippen molar-refractivity contribution in [3.8, 4) is 0 Å². The van der Waals surface area contributed by atoms with Crippen LogP contribution in [0.15, 0.2) is 23.8 Å². The molecular formula is C30H48O4. The molecule has 1 unspecified atom stereocenters. The highest BCUT2D eigenvalue weighted by Crippen LogP contribution is 2.67. The summed E-state index contributed by atoms with van der Waals surface area (Å²) >= 11 is 0. The average molecular weight is 473 g/mol. The molecule has 34 heavy (non-hydrogen) atoms. The first-order valence-corrected chi connectivity index (χ1v) is 13.7. The van der Waals surface area contributed by atoms with Gasteiger partial charge in [-0.15, -0.1) is 0 Å². The lowest BCUT2D eigenvalue weighted by Crippen LogP contribution is -2.51. The van der Waals surface area contributed by atoms with Gasteiger partial charge in [-0.2, -0.15) is 0 Å². The number of hydrogen-bond acceptors (Lipinski definition) is 4. The molecule has 9 atom stereocenters. The molecule has 0 aliphatic heterocycles. The summed E-state index contributed by atoms with van der Waals surface area (Å²) in [5, 5.41) is 21.1. The maximum absolute atomic E-state index is 11.5. The molecule has 192 valence electrons. The quantitative estimate of drug-likeness (QED) is 0.369. The van der Waals surface area contributed by atoms with Crippen LogP contribution in [0.1, 0.15) is 99.8 Å². The van der Waals surface area contributed by atoms with Crippen molar-refractivity contribution in [1.29, 1.82) is 0 Å². The lowest BCUT2D eigenvalue weighted by atomic mass is 9.47. The van der Waals surface area contributed by atoms with Crippen LogP contribution in [0.4, 0.5) is 0 Å². The van der Waals surface area contributed by atoms with Gasteiger partial charge in [0.1, 0.15) is 11.7 Å². The van der Waals surface area contributed by atoms with E-state index in [1.165, 1.54) is 39.0 Å². The molecule has 0 aromatic rings. The fourth-order valence-electron chi connectivity index (χ4n) is 8.54. The van der Waals surface area contributed by atoms with E-state index in [0.29, 0.717) is 17.3 Å². The fraction of sp³-hybridized carbons (Fsp3) is 0.833. The number of hydrogen-bond donors (Lipinski definition) is 2. The van der Waals surface area contributed by atoms with E-state index in [-0.39, 0.29) is 17.5 Å². The van der Waals surface area contributed by atoms with E-state index in [2.05, 4.69) is 32.9 Å². The Kier molecular flexibility index (Phi) is 6.69. The van der Waals surface area contributed by atoms with Gasteiger partial charge in [-0.05, 0) is 106 Å². The Balaban J connectivity index is 1.51. The molecule has 0 aromatic carbocycles. The summed E-state index contributed by atoms with van der Waals surface area (Å²) in [7, 11) is 0. The number of carbonyl (C=O) groups is 1. The molecule has 2 N–H and O–H groups in total. The van der Waals surface area contributed by atoms with Crippen LogP contribution in [0.5, 0.6) is 0 Å². The predicted molar refractivity (Wildman–Crippen MR) is 136 cm³/mol.